The molecule has 9 nitrogen and oxygen atoms in total. The summed E-state index contributed by atoms with van der Waals surface area (Å²) < 4.78 is 0. The van der Waals surface area contributed by atoms with Gasteiger partial charge in [-0.1, -0.05) is 37.3 Å². The highest BCUT2D eigenvalue weighted by atomic mass is 16.2. The van der Waals surface area contributed by atoms with Crippen LogP contribution in [0, 0.1) is 0 Å². The molecule has 0 aliphatic rings. The first-order valence-electron chi connectivity index (χ1n) is 9.81. The summed E-state index contributed by atoms with van der Waals surface area (Å²) in [4.78, 5) is 60.2. The van der Waals surface area contributed by atoms with E-state index in [1.807, 2.05) is 19.1 Å². The van der Waals surface area contributed by atoms with Crippen LogP contribution in [0.5, 0.6) is 0 Å². The summed E-state index contributed by atoms with van der Waals surface area (Å²) in [5.41, 5.74) is 0.778. The number of carbonyl (C=O) groups is 3. The van der Waals surface area contributed by atoms with Gasteiger partial charge in [-0.15, -0.1) is 0 Å². The van der Waals surface area contributed by atoms with Crippen LogP contribution in [0.25, 0.3) is 10.8 Å². The molecule has 31 heavy (non-hydrogen) atoms. The number of hydrogen-bond donors (Lipinski definition) is 4. The second-order valence-electron chi connectivity index (χ2n) is 6.93. The minimum atomic E-state index is -0.568. The van der Waals surface area contributed by atoms with Gasteiger partial charge in [0.25, 0.3) is 11.1 Å². The highest BCUT2D eigenvalue weighted by Crippen LogP contribution is 2.16. The van der Waals surface area contributed by atoms with Crippen molar-refractivity contribution in [3.8, 4) is 0 Å². The van der Waals surface area contributed by atoms with Gasteiger partial charge in [-0.05, 0) is 24.1 Å². The van der Waals surface area contributed by atoms with Crippen LogP contribution in [0.3, 0.4) is 0 Å². The first kappa shape index (κ1) is 21.7. The number of Topliss-reactive ketones (excluding diaryl/α,β-unsaturated/α-hetero) is 1. The zero-order chi connectivity index (χ0) is 22.4. The van der Waals surface area contributed by atoms with Crippen LogP contribution in [0.4, 0.5) is 5.69 Å². The molecular weight excluding hydrogens is 400 g/mol. The zero-order valence-electron chi connectivity index (χ0n) is 16.9. The Morgan fingerprint density at radius 2 is 1.58 bits per heavy atom. The average molecular weight is 422 g/mol. The Kier molecular flexibility index (Phi) is 6.76. The summed E-state index contributed by atoms with van der Waals surface area (Å²) in [6, 6.07) is 11.7. The van der Waals surface area contributed by atoms with Crippen molar-refractivity contribution in [1.29, 1.82) is 0 Å². The lowest BCUT2D eigenvalue weighted by Gasteiger charge is -2.09. The van der Waals surface area contributed by atoms with E-state index in [0.717, 1.165) is 12.0 Å². The van der Waals surface area contributed by atoms with Crippen LogP contribution < -0.4 is 21.8 Å². The van der Waals surface area contributed by atoms with Gasteiger partial charge in [0, 0.05) is 18.4 Å². The standard InChI is InChI=1S/C22H22N4O5/c1-2-13-6-8-14(9-7-13)17(27)10-11-18(28)23-12-19(29)24-16-5-3-4-15-20(16)22(31)26-25-21(15)30/h3-9H,2,10-12H2,1H3,(H,23,28)(H,24,29)(H,25,30)(H,26,31). The van der Waals surface area contributed by atoms with Crippen molar-refractivity contribution >= 4 is 34.1 Å². The third kappa shape index (κ3) is 5.33. The summed E-state index contributed by atoms with van der Waals surface area (Å²) in [7, 11) is 0. The lowest BCUT2D eigenvalue weighted by Crippen LogP contribution is -2.33. The minimum absolute atomic E-state index is 0.0282. The Balaban J connectivity index is 1.53. The largest absolute Gasteiger partial charge is 0.347 e. The molecule has 0 fully saturated rings. The SMILES string of the molecule is CCc1ccc(C(=O)CCC(=O)NCC(=O)Nc2cccc3c(=O)[nH][nH]c(=O)c23)cc1. The third-order valence-electron chi connectivity index (χ3n) is 4.81. The zero-order valence-corrected chi connectivity index (χ0v) is 16.9. The molecule has 2 amide bonds. The molecule has 0 aliphatic carbocycles. The number of carbonyl (C=O) groups excluding carboxylic acids is 3. The molecule has 0 spiro atoms. The molecule has 3 rings (SSSR count). The molecule has 1 heterocycles. The normalized spacial score (nSPS) is 10.6. The molecule has 0 unspecified atom stereocenters. The van der Waals surface area contributed by atoms with Gasteiger partial charge in [-0.25, -0.2) is 0 Å². The lowest BCUT2D eigenvalue weighted by atomic mass is 10.0. The van der Waals surface area contributed by atoms with Crippen LogP contribution in [-0.4, -0.2) is 34.3 Å². The van der Waals surface area contributed by atoms with Gasteiger partial charge in [-0.2, -0.15) is 0 Å². The van der Waals surface area contributed by atoms with E-state index in [2.05, 4.69) is 20.8 Å². The molecule has 3 aromatic rings. The van der Waals surface area contributed by atoms with Crippen LogP contribution in [0.1, 0.15) is 35.7 Å². The van der Waals surface area contributed by atoms with Gasteiger partial charge in [0.2, 0.25) is 11.8 Å². The Labute approximate surface area is 176 Å². The average Bonchev–Trinajstić information content (AvgIpc) is 2.78. The number of aromatic nitrogens is 2. The first-order valence-corrected chi connectivity index (χ1v) is 9.81. The van der Waals surface area contributed by atoms with E-state index >= 15 is 0 Å². The summed E-state index contributed by atoms with van der Waals surface area (Å²) in [6.45, 7) is 1.69. The number of amides is 2. The molecule has 4 N–H and O–H groups in total. The van der Waals surface area contributed by atoms with Crippen LogP contribution in [0.2, 0.25) is 0 Å². The number of fused-ring (bicyclic) bond motifs is 1. The second kappa shape index (κ2) is 9.66. The van der Waals surface area contributed by atoms with Crippen LogP contribution in [0.15, 0.2) is 52.1 Å². The number of H-pyrrole nitrogens is 2. The molecule has 0 atom stereocenters. The van der Waals surface area contributed by atoms with Crippen molar-refractivity contribution in [3.05, 3.63) is 74.3 Å². The maximum atomic E-state index is 12.2. The van der Waals surface area contributed by atoms with Gasteiger partial charge >= 0.3 is 0 Å². The number of nitrogens with one attached hydrogen (secondary N) is 4. The lowest BCUT2D eigenvalue weighted by molar-refractivity contribution is -0.124. The predicted molar refractivity (Wildman–Crippen MR) is 116 cm³/mol. The number of aromatic amines is 2. The number of anilines is 1. The molecule has 0 saturated carbocycles. The van der Waals surface area contributed by atoms with E-state index < -0.39 is 22.9 Å². The van der Waals surface area contributed by atoms with Gasteiger partial charge in [0.15, 0.2) is 5.78 Å². The number of ketones is 1. The van der Waals surface area contributed by atoms with Gasteiger partial charge in [0.05, 0.1) is 23.0 Å². The van der Waals surface area contributed by atoms with Gasteiger partial charge < -0.3 is 10.6 Å². The molecule has 0 bridgehead atoms. The van der Waals surface area contributed by atoms with E-state index in [9.17, 15) is 24.0 Å². The molecule has 2 aromatic carbocycles. The molecule has 9 heteroatoms. The Hall–Kier alpha value is -4.01. The van der Waals surface area contributed by atoms with Crippen LogP contribution >= 0.6 is 0 Å². The van der Waals surface area contributed by atoms with Gasteiger partial charge in [0.1, 0.15) is 0 Å². The van der Waals surface area contributed by atoms with E-state index in [-0.39, 0.29) is 41.6 Å². The van der Waals surface area contributed by atoms with E-state index in [0.29, 0.717) is 5.56 Å². The fourth-order valence-corrected chi connectivity index (χ4v) is 3.09. The molecule has 1 aromatic heterocycles. The fourth-order valence-electron chi connectivity index (χ4n) is 3.09. The van der Waals surface area contributed by atoms with E-state index in [1.165, 1.54) is 18.2 Å². The molecule has 160 valence electrons. The van der Waals surface area contributed by atoms with Crippen molar-refractivity contribution in [2.24, 2.45) is 0 Å². The van der Waals surface area contributed by atoms with Crippen molar-refractivity contribution in [1.82, 2.24) is 15.5 Å². The monoisotopic (exact) mass is 422 g/mol. The Bertz CT molecular complexity index is 1240. The van der Waals surface area contributed by atoms with Crippen molar-refractivity contribution in [2.75, 3.05) is 11.9 Å². The van der Waals surface area contributed by atoms with Gasteiger partial charge in [-0.3, -0.25) is 34.2 Å². The Morgan fingerprint density at radius 3 is 2.29 bits per heavy atom. The highest BCUT2D eigenvalue weighted by molar-refractivity contribution is 6.03. The fraction of sp³-hybridized carbons (Fsp3) is 0.227. The smallest absolute Gasteiger partial charge is 0.272 e. The number of benzene rings is 2. The quantitative estimate of drug-likeness (QED) is 0.407. The van der Waals surface area contributed by atoms with Crippen molar-refractivity contribution < 1.29 is 14.4 Å². The second-order valence-corrected chi connectivity index (χ2v) is 6.93. The molecule has 0 radical (unpaired) electrons. The molecular formula is C22H22N4O5. The van der Waals surface area contributed by atoms with Crippen molar-refractivity contribution in [2.45, 2.75) is 26.2 Å². The van der Waals surface area contributed by atoms with Crippen LogP contribution in [-0.2, 0) is 16.0 Å². The first-order chi connectivity index (χ1) is 14.9. The number of hydrogen-bond acceptors (Lipinski definition) is 5. The summed E-state index contributed by atoms with van der Waals surface area (Å²) >= 11 is 0. The highest BCUT2D eigenvalue weighted by Gasteiger charge is 2.13. The number of rotatable bonds is 8. The topological polar surface area (TPSA) is 141 Å². The minimum Gasteiger partial charge on any atom is -0.347 e. The van der Waals surface area contributed by atoms with Crippen molar-refractivity contribution in [3.63, 3.8) is 0 Å². The maximum Gasteiger partial charge on any atom is 0.272 e. The Morgan fingerprint density at radius 1 is 0.871 bits per heavy atom. The third-order valence-corrected chi connectivity index (χ3v) is 4.81. The number of aryl methyl sites for hydroxylation is 1. The summed E-state index contributed by atoms with van der Waals surface area (Å²) in [5, 5.41) is 9.56. The van der Waals surface area contributed by atoms with E-state index in [1.54, 1.807) is 12.1 Å². The van der Waals surface area contributed by atoms with E-state index in [4.69, 9.17) is 0 Å². The summed E-state index contributed by atoms with van der Waals surface area (Å²) in [6.07, 6.45) is 0.855. The molecule has 0 saturated heterocycles. The maximum absolute atomic E-state index is 12.2. The summed E-state index contributed by atoms with van der Waals surface area (Å²) in [5.74, 6) is -1.16. The molecule has 0 aliphatic heterocycles. The predicted octanol–water partition coefficient (Wildman–Crippen LogP) is 1.50.